The first-order valence-electron chi connectivity index (χ1n) is 5.75. The van der Waals surface area contributed by atoms with E-state index in [2.05, 4.69) is 26.2 Å². The molecule has 0 aliphatic rings. The van der Waals surface area contributed by atoms with E-state index in [-0.39, 0.29) is 11.1 Å². The fraction of sp³-hybridized carbons (Fsp3) is 0.0714. The third kappa shape index (κ3) is 3.03. The Kier molecular flexibility index (Phi) is 4.14. The molecule has 0 aliphatic heterocycles. The zero-order valence-electron chi connectivity index (χ0n) is 10.6. The lowest BCUT2D eigenvalue weighted by atomic mass is 10.1. The number of carboxylic acid groups (broad SMARTS) is 1. The van der Waals surface area contributed by atoms with Gasteiger partial charge in [-0.2, -0.15) is 0 Å². The van der Waals surface area contributed by atoms with E-state index >= 15 is 0 Å². The summed E-state index contributed by atoms with van der Waals surface area (Å²) in [5.41, 5.74) is 1.46. The average Bonchev–Trinajstić information content (AvgIpc) is 2.43. The number of aromatic carboxylic acids is 1. The van der Waals surface area contributed by atoms with Gasteiger partial charge in [-0.05, 0) is 46.6 Å². The summed E-state index contributed by atoms with van der Waals surface area (Å²) < 4.78 is 0.696. The number of aromatic nitrogens is 1. The third-order valence-electron chi connectivity index (χ3n) is 2.67. The van der Waals surface area contributed by atoms with Crippen molar-refractivity contribution < 1.29 is 14.7 Å². The summed E-state index contributed by atoms with van der Waals surface area (Å²) in [5, 5.41) is 11.7. The van der Waals surface area contributed by atoms with Crippen LogP contribution >= 0.6 is 15.9 Å². The summed E-state index contributed by atoms with van der Waals surface area (Å²) in [6.07, 6.45) is 1.50. The SMILES string of the molecule is Cc1cc(NC(=O)c2ccccc2C(=O)O)cnc1Br. The van der Waals surface area contributed by atoms with Gasteiger partial charge in [0, 0.05) is 0 Å². The molecule has 0 saturated carbocycles. The van der Waals surface area contributed by atoms with E-state index in [1.807, 2.05) is 6.92 Å². The van der Waals surface area contributed by atoms with Crippen LogP contribution in [0.25, 0.3) is 0 Å². The van der Waals surface area contributed by atoms with Crippen molar-refractivity contribution in [3.05, 3.63) is 57.8 Å². The van der Waals surface area contributed by atoms with Gasteiger partial charge in [0.15, 0.2) is 0 Å². The maximum absolute atomic E-state index is 12.1. The molecule has 0 unspecified atom stereocenters. The number of benzene rings is 1. The van der Waals surface area contributed by atoms with Crippen LogP contribution in [0.5, 0.6) is 0 Å². The van der Waals surface area contributed by atoms with Crippen LogP contribution in [0, 0.1) is 6.92 Å². The number of amides is 1. The van der Waals surface area contributed by atoms with Gasteiger partial charge in [0.2, 0.25) is 0 Å². The molecule has 1 amide bonds. The molecule has 0 aliphatic carbocycles. The molecule has 2 rings (SSSR count). The zero-order chi connectivity index (χ0) is 14.7. The van der Waals surface area contributed by atoms with Crippen LogP contribution in [0.3, 0.4) is 0 Å². The molecular weight excluding hydrogens is 324 g/mol. The maximum atomic E-state index is 12.1. The Morgan fingerprint density at radius 2 is 1.90 bits per heavy atom. The highest BCUT2D eigenvalue weighted by atomic mass is 79.9. The van der Waals surface area contributed by atoms with Gasteiger partial charge >= 0.3 is 5.97 Å². The highest BCUT2D eigenvalue weighted by Crippen LogP contribution is 2.18. The van der Waals surface area contributed by atoms with Gasteiger partial charge in [0.05, 0.1) is 23.0 Å². The van der Waals surface area contributed by atoms with E-state index < -0.39 is 11.9 Å². The minimum Gasteiger partial charge on any atom is -0.478 e. The number of halogens is 1. The van der Waals surface area contributed by atoms with Crippen molar-refractivity contribution in [2.24, 2.45) is 0 Å². The monoisotopic (exact) mass is 334 g/mol. The number of nitrogens with one attached hydrogen (secondary N) is 1. The molecule has 1 aromatic carbocycles. The molecule has 2 aromatic rings. The molecule has 6 heteroatoms. The third-order valence-corrected chi connectivity index (χ3v) is 3.50. The number of hydrogen-bond donors (Lipinski definition) is 2. The topological polar surface area (TPSA) is 79.3 Å². The van der Waals surface area contributed by atoms with Crippen LogP contribution in [-0.4, -0.2) is 22.0 Å². The van der Waals surface area contributed by atoms with Gasteiger partial charge in [-0.15, -0.1) is 0 Å². The Hall–Kier alpha value is -2.21. The zero-order valence-corrected chi connectivity index (χ0v) is 12.1. The summed E-state index contributed by atoms with van der Waals surface area (Å²) in [7, 11) is 0. The molecule has 0 saturated heterocycles. The number of carbonyl (C=O) groups is 2. The second kappa shape index (κ2) is 5.83. The predicted molar refractivity (Wildman–Crippen MR) is 78.0 cm³/mol. The first-order chi connectivity index (χ1) is 9.49. The smallest absolute Gasteiger partial charge is 0.336 e. The summed E-state index contributed by atoms with van der Waals surface area (Å²) >= 11 is 3.27. The largest absolute Gasteiger partial charge is 0.478 e. The Bertz CT molecular complexity index is 686. The molecule has 1 heterocycles. The van der Waals surface area contributed by atoms with Gasteiger partial charge in [0.25, 0.3) is 5.91 Å². The highest BCUT2D eigenvalue weighted by Gasteiger charge is 2.16. The summed E-state index contributed by atoms with van der Waals surface area (Å²) in [4.78, 5) is 27.3. The lowest BCUT2D eigenvalue weighted by Gasteiger charge is -2.08. The molecule has 0 spiro atoms. The summed E-state index contributed by atoms with van der Waals surface area (Å²) in [6.45, 7) is 1.85. The van der Waals surface area contributed by atoms with E-state index in [0.29, 0.717) is 10.3 Å². The molecule has 0 bridgehead atoms. The van der Waals surface area contributed by atoms with Gasteiger partial charge in [-0.1, -0.05) is 12.1 Å². The lowest BCUT2D eigenvalue weighted by Crippen LogP contribution is -2.16. The van der Waals surface area contributed by atoms with Crippen LogP contribution in [-0.2, 0) is 0 Å². The van der Waals surface area contributed by atoms with Crippen LogP contribution in [0.4, 0.5) is 5.69 Å². The fourth-order valence-electron chi connectivity index (χ4n) is 1.69. The van der Waals surface area contributed by atoms with Crippen molar-refractivity contribution in [1.29, 1.82) is 0 Å². The fourth-order valence-corrected chi connectivity index (χ4v) is 1.91. The van der Waals surface area contributed by atoms with Crippen LogP contribution in [0.15, 0.2) is 41.1 Å². The first-order valence-corrected chi connectivity index (χ1v) is 6.54. The summed E-state index contributed by atoms with van der Waals surface area (Å²) in [5.74, 6) is -1.62. The van der Waals surface area contributed by atoms with E-state index in [4.69, 9.17) is 5.11 Å². The normalized spacial score (nSPS) is 10.1. The molecule has 2 N–H and O–H groups in total. The summed E-state index contributed by atoms with van der Waals surface area (Å²) in [6, 6.07) is 7.80. The molecule has 20 heavy (non-hydrogen) atoms. The number of rotatable bonds is 3. The molecule has 0 fully saturated rings. The standard InChI is InChI=1S/C14H11BrN2O3/c1-8-6-9(7-16-12(8)15)17-13(18)10-4-2-3-5-11(10)14(19)20/h2-7H,1H3,(H,17,18)(H,19,20). The van der Waals surface area contributed by atoms with Gasteiger partial charge in [0.1, 0.15) is 4.60 Å². The maximum Gasteiger partial charge on any atom is 0.336 e. The molecule has 5 nitrogen and oxygen atoms in total. The van der Waals surface area contributed by atoms with Crippen LogP contribution in [0.1, 0.15) is 26.3 Å². The van der Waals surface area contributed by atoms with Gasteiger partial charge in [-0.25, -0.2) is 9.78 Å². The molecule has 1 aromatic heterocycles. The number of pyridine rings is 1. The molecule has 102 valence electrons. The average molecular weight is 335 g/mol. The van der Waals surface area contributed by atoms with Crippen LogP contribution < -0.4 is 5.32 Å². The first kappa shape index (κ1) is 14.2. The van der Waals surface area contributed by atoms with Crippen LogP contribution in [0.2, 0.25) is 0 Å². The van der Waals surface area contributed by atoms with Crippen molar-refractivity contribution in [2.45, 2.75) is 6.92 Å². The van der Waals surface area contributed by atoms with E-state index in [1.54, 1.807) is 18.2 Å². The van der Waals surface area contributed by atoms with Crippen molar-refractivity contribution >= 4 is 33.5 Å². The molecular formula is C14H11BrN2O3. The van der Waals surface area contributed by atoms with E-state index in [1.165, 1.54) is 18.3 Å². The minimum atomic E-state index is -1.14. The second-order valence-corrected chi connectivity index (χ2v) is 4.89. The Morgan fingerprint density at radius 1 is 1.25 bits per heavy atom. The number of nitrogens with zero attached hydrogens (tertiary/aromatic N) is 1. The van der Waals surface area contributed by atoms with Gasteiger partial charge < -0.3 is 10.4 Å². The Labute approximate surface area is 123 Å². The molecule has 0 radical (unpaired) electrons. The minimum absolute atomic E-state index is 0.0354. The quantitative estimate of drug-likeness (QED) is 0.845. The van der Waals surface area contributed by atoms with E-state index in [0.717, 1.165) is 5.56 Å². The second-order valence-electron chi connectivity index (χ2n) is 4.14. The number of hydrogen-bond acceptors (Lipinski definition) is 3. The van der Waals surface area contributed by atoms with Crippen molar-refractivity contribution in [3.8, 4) is 0 Å². The van der Waals surface area contributed by atoms with Gasteiger partial charge in [-0.3, -0.25) is 4.79 Å². The highest BCUT2D eigenvalue weighted by molar-refractivity contribution is 9.10. The number of carboxylic acids is 1. The molecule has 0 atom stereocenters. The predicted octanol–water partition coefficient (Wildman–Crippen LogP) is 3.10. The number of carbonyl (C=O) groups excluding carboxylic acids is 1. The Morgan fingerprint density at radius 3 is 2.50 bits per heavy atom. The Balaban J connectivity index is 2.28. The van der Waals surface area contributed by atoms with Crippen molar-refractivity contribution in [3.63, 3.8) is 0 Å². The van der Waals surface area contributed by atoms with Crippen molar-refractivity contribution in [1.82, 2.24) is 4.98 Å². The van der Waals surface area contributed by atoms with Crippen molar-refractivity contribution in [2.75, 3.05) is 5.32 Å². The number of anilines is 1. The van der Waals surface area contributed by atoms with E-state index in [9.17, 15) is 9.59 Å². The lowest BCUT2D eigenvalue weighted by molar-refractivity contribution is 0.0692. The number of aryl methyl sites for hydroxylation is 1.